The van der Waals surface area contributed by atoms with Crippen molar-refractivity contribution in [3.05, 3.63) is 60.2 Å². The number of hydrogen-bond donors (Lipinski definition) is 1. The molecule has 2 amide bonds. The maximum absolute atomic E-state index is 14.3. The maximum atomic E-state index is 14.3. The van der Waals surface area contributed by atoms with E-state index in [1.54, 1.807) is 9.80 Å². The molecule has 0 aliphatic carbocycles. The minimum absolute atomic E-state index is 0.00441. The Balaban J connectivity index is 1.59. The van der Waals surface area contributed by atoms with Gasteiger partial charge in [0.1, 0.15) is 23.2 Å². The molecule has 0 aromatic heterocycles. The van der Waals surface area contributed by atoms with Gasteiger partial charge in [0.05, 0.1) is 12.5 Å². The fourth-order valence-electron chi connectivity index (χ4n) is 6.66. The number of fused-ring (bicyclic) bond motifs is 2. The number of hydrogen-bond acceptors (Lipinski definition) is 6. The highest BCUT2D eigenvalue weighted by Gasteiger charge is 2.75. The van der Waals surface area contributed by atoms with E-state index in [2.05, 4.69) is 6.08 Å². The monoisotopic (exact) mass is 522 g/mol. The van der Waals surface area contributed by atoms with Crippen LogP contribution in [-0.2, 0) is 30.4 Å². The summed E-state index contributed by atoms with van der Waals surface area (Å²) in [7, 11) is 0. The minimum atomic E-state index is -1.28. The van der Waals surface area contributed by atoms with Gasteiger partial charge >= 0.3 is 5.97 Å². The first-order valence-corrected chi connectivity index (χ1v) is 13.9. The van der Waals surface area contributed by atoms with Gasteiger partial charge in [0.2, 0.25) is 11.8 Å². The SMILES string of the molecule is CC[C@@]12/C=C\CCCCOC(=O)[C@@H]1[C@H]1C(=O)N(CCCCO)C3C(=O)N(Cc4ccccc4)CC=C[C@@]31O2. The van der Waals surface area contributed by atoms with E-state index in [9.17, 15) is 19.5 Å². The zero-order chi connectivity index (χ0) is 26.8. The average molecular weight is 523 g/mol. The Morgan fingerprint density at radius 3 is 2.58 bits per heavy atom. The van der Waals surface area contributed by atoms with E-state index in [1.807, 2.05) is 55.5 Å². The Bertz CT molecular complexity index is 1100. The summed E-state index contributed by atoms with van der Waals surface area (Å²) in [6.45, 7) is 3.36. The number of aliphatic hydroxyl groups is 1. The lowest BCUT2D eigenvalue weighted by Crippen LogP contribution is -2.56. The summed E-state index contributed by atoms with van der Waals surface area (Å²) < 4.78 is 12.7. The Kier molecular flexibility index (Phi) is 7.73. The van der Waals surface area contributed by atoms with Crippen molar-refractivity contribution < 1.29 is 29.0 Å². The number of nitrogens with zero attached hydrogens (tertiary/aromatic N) is 2. The van der Waals surface area contributed by atoms with Crippen LogP contribution in [0.25, 0.3) is 0 Å². The molecule has 8 nitrogen and oxygen atoms in total. The molecular formula is C30H38N2O6. The molecule has 0 saturated carbocycles. The van der Waals surface area contributed by atoms with Gasteiger partial charge in [-0.25, -0.2) is 0 Å². The highest BCUT2D eigenvalue weighted by molar-refractivity contribution is 5.99. The largest absolute Gasteiger partial charge is 0.465 e. The van der Waals surface area contributed by atoms with Gasteiger partial charge < -0.3 is 24.4 Å². The summed E-state index contributed by atoms with van der Waals surface area (Å²) in [5.41, 5.74) is -1.32. The predicted octanol–water partition coefficient (Wildman–Crippen LogP) is 3.00. The Morgan fingerprint density at radius 2 is 1.82 bits per heavy atom. The molecule has 204 valence electrons. The van der Waals surface area contributed by atoms with Crippen molar-refractivity contribution >= 4 is 17.8 Å². The minimum Gasteiger partial charge on any atom is -0.465 e. The second kappa shape index (κ2) is 11.0. The molecule has 2 fully saturated rings. The van der Waals surface area contributed by atoms with Gasteiger partial charge in [-0.05, 0) is 44.1 Å². The number of likely N-dealkylation sites (tertiary alicyclic amines) is 1. The maximum Gasteiger partial charge on any atom is 0.313 e. The number of allylic oxidation sites excluding steroid dienone is 1. The van der Waals surface area contributed by atoms with Crippen molar-refractivity contribution in [1.29, 1.82) is 0 Å². The van der Waals surface area contributed by atoms with Gasteiger partial charge in [0.15, 0.2) is 0 Å². The fraction of sp³-hybridized carbons (Fsp3) is 0.567. The molecule has 1 aromatic carbocycles. The van der Waals surface area contributed by atoms with Crippen molar-refractivity contribution in [3.8, 4) is 0 Å². The molecule has 1 unspecified atom stereocenters. The number of unbranched alkanes of at least 4 members (excludes halogenated alkanes) is 1. The Hall–Kier alpha value is -2.97. The zero-order valence-electron chi connectivity index (χ0n) is 22.1. The number of ether oxygens (including phenoxy) is 2. The van der Waals surface area contributed by atoms with E-state index >= 15 is 0 Å². The van der Waals surface area contributed by atoms with Crippen LogP contribution in [0.1, 0.15) is 51.0 Å². The number of carbonyl (C=O) groups is 3. The van der Waals surface area contributed by atoms with E-state index in [0.29, 0.717) is 45.5 Å². The summed E-state index contributed by atoms with van der Waals surface area (Å²) in [6, 6.07) is 8.87. The lowest BCUT2D eigenvalue weighted by Gasteiger charge is -2.38. The summed E-state index contributed by atoms with van der Waals surface area (Å²) in [5, 5.41) is 9.38. The van der Waals surface area contributed by atoms with Crippen LogP contribution < -0.4 is 0 Å². The molecule has 4 heterocycles. The van der Waals surface area contributed by atoms with Crippen LogP contribution >= 0.6 is 0 Å². The standard InChI is InChI=1S/C30H38N2O6/c1-2-29-15-8-3-4-11-20-37-28(36)24(29)23-26(34)32(18-9-10-19-33)25-27(35)31(17-12-16-30(23,25)38-29)21-22-13-6-5-7-14-22/h5-8,12-16,23-25,33H,2-4,9-11,17-21H2,1H3/b15-8-/t23-,24-,25?,29+,30-/m0/s1. The molecule has 0 bridgehead atoms. The smallest absolute Gasteiger partial charge is 0.313 e. The fourth-order valence-corrected chi connectivity index (χ4v) is 6.66. The van der Waals surface area contributed by atoms with E-state index < -0.39 is 35.0 Å². The van der Waals surface area contributed by atoms with Crippen molar-refractivity contribution in [2.75, 3.05) is 26.3 Å². The van der Waals surface area contributed by atoms with Gasteiger partial charge in [-0.15, -0.1) is 0 Å². The van der Waals surface area contributed by atoms with Crippen LogP contribution in [0.3, 0.4) is 0 Å². The first kappa shape index (κ1) is 26.6. The highest BCUT2D eigenvalue weighted by Crippen LogP contribution is 2.58. The number of esters is 1. The number of amides is 2. The molecule has 1 N–H and O–H groups in total. The van der Waals surface area contributed by atoms with Crippen molar-refractivity contribution in [2.24, 2.45) is 11.8 Å². The van der Waals surface area contributed by atoms with Crippen LogP contribution in [-0.4, -0.2) is 76.2 Å². The van der Waals surface area contributed by atoms with Gasteiger partial charge in [-0.1, -0.05) is 61.6 Å². The van der Waals surface area contributed by atoms with Crippen LogP contribution in [0.15, 0.2) is 54.6 Å². The number of carbonyl (C=O) groups excluding carboxylic acids is 3. The first-order chi connectivity index (χ1) is 18.5. The average Bonchev–Trinajstić information content (AvgIpc) is 3.28. The van der Waals surface area contributed by atoms with Gasteiger partial charge in [-0.3, -0.25) is 14.4 Å². The Morgan fingerprint density at radius 1 is 1.00 bits per heavy atom. The molecule has 1 spiro atoms. The molecule has 5 rings (SSSR count). The second-order valence-electron chi connectivity index (χ2n) is 10.8. The van der Waals surface area contributed by atoms with E-state index in [0.717, 1.165) is 24.8 Å². The summed E-state index contributed by atoms with van der Waals surface area (Å²) in [6.07, 6.45) is 11.8. The summed E-state index contributed by atoms with van der Waals surface area (Å²) >= 11 is 0. The summed E-state index contributed by atoms with van der Waals surface area (Å²) in [5.74, 6) is -2.59. The van der Waals surface area contributed by atoms with Crippen LogP contribution in [0, 0.1) is 11.8 Å². The molecule has 38 heavy (non-hydrogen) atoms. The molecule has 0 radical (unpaired) electrons. The van der Waals surface area contributed by atoms with E-state index in [1.165, 1.54) is 0 Å². The number of cyclic esters (lactones) is 1. The number of aliphatic hydroxyl groups excluding tert-OH is 1. The number of benzene rings is 1. The Labute approximate surface area is 224 Å². The molecule has 8 heteroatoms. The summed E-state index contributed by atoms with van der Waals surface area (Å²) in [4.78, 5) is 45.5. The van der Waals surface area contributed by atoms with Gasteiger partial charge in [0.25, 0.3) is 0 Å². The molecule has 4 aliphatic heterocycles. The van der Waals surface area contributed by atoms with Gasteiger partial charge in [-0.2, -0.15) is 0 Å². The normalized spacial score (nSPS) is 33.8. The third-order valence-electron chi connectivity index (χ3n) is 8.49. The molecule has 1 aromatic rings. The second-order valence-corrected chi connectivity index (χ2v) is 10.8. The van der Waals surface area contributed by atoms with E-state index in [-0.39, 0.29) is 18.4 Å². The van der Waals surface area contributed by atoms with Gasteiger partial charge in [0, 0.05) is 26.2 Å². The van der Waals surface area contributed by atoms with Crippen molar-refractivity contribution in [3.63, 3.8) is 0 Å². The third-order valence-corrected chi connectivity index (χ3v) is 8.49. The molecule has 4 aliphatic rings. The molecule has 5 atom stereocenters. The quantitative estimate of drug-likeness (QED) is 0.336. The van der Waals surface area contributed by atoms with Crippen LogP contribution in [0.2, 0.25) is 0 Å². The topological polar surface area (TPSA) is 96.4 Å². The highest BCUT2D eigenvalue weighted by atomic mass is 16.6. The molecular weight excluding hydrogens is 484 g/mol. The van der Waals surface area contributed by atoms with Crippen LogP contribution in [0.5, 0.6) is 0 Å². The molecule has 2 saturated heterocycles. The zero-order valence-corrected chi connectivity index (χ0v) is 22.1. The third kappa shape index (κ3) is 4.47. The number of rotatable bonds is 7. The van der Waals surface area contributed by atoms with Crippen LogP contribution in [0.4, 0.5) is 0 Å². The van der Waals surface area contributed by atoms with E-state index in [4.69, 9.17) is 9.47 Å². The van der Waals surface area contributed by atoms with Crippen molar-refractivity contribution in [2.45, 2.75) is 69.2 Å². The first-order valence-electron chi connectivity index (χ1n) is 13.9. The van der Waals surface area contributed by atoms with Crippen molar-refractivity contribution in [1.82, 2.24) is 9.80 Å². The predicted molar refractivity (Wildman–Crippen MR) is 141 cm³/mol. The lowest BCUT2D eigenvalue weighted by molar-refractivity contribution is -0.161. The lowest BCUT2D eigenvalue weighted by atomic mass is 9.73.